The van der Waals surface area contributed by atoms with E-state index in [9.17, 15) is 14.7 Å². The van der Waals surface area contributed by atoms with Gasteiger partial charge in [0, 0.05) is 25.8 Å². The predicted molar refractivity (Wildman–Crippen MR) is 125 cm³/mol. The van der Waals surface area contributed by atoms with E-state index in [1.54, 1.807) is 55.7 Å². The summed E-state index contributed by atoms with van der Waals surface area (Å²) in [5.41, 5.74) is 1.15. The molecule has 3 rings (SSSR count). The van der Waals surface area contributed by atoms with E-state index in [4.69, 9.17) is 14.2 Å². The first kappa shape index (κ1) is 24.1. The molecule has 7 nitrogen and oxygen atoms in total. The van der Waals surface area contributed by atoms with Crippen LogP contribution in [0, 0.1) is 0 Å². The largest absolute Gasteiger partial charge is 0.507 e. The summed E-state index contributed by atoms with van der Waals surface area (Å²) in [6.45, 7) is 6.97. The fourth-order valence-corrected chi connectivity index (χ4v) is 3.82. The Balaban J connectivity index is 2.13. The zero-order valence-electron chi connectivity index (χ0n) is 19.0. The van der Waals surface area contributed by atoms with Crippen molar-refractivity contribution < 1.29 is 28.9 Å². The second kappa shape index (κ2) is 11.3. The van der Waals surface area contributed by atoms with Gasteiger partial charge in [-0.05, 0) is 31.0 Å². The molecule has 1 saturated heterocycles. The summed E-state index contributed by atoms with van der Waals surface area (Å²) in [4.78, 5) is 27.5. The Bertz CT molecular complexity index is 1030. The van der Waals surface area contributed by atoms with Crippen LogP contribution in [0.5, 0.6) is 11.5 Å². The summed E-state index contributed by atoms with van der Waals surface area (Å²) >= 11 is 0. The lowest BCUT2D eigenvalue weighted by molar-refractivity contribution is -0.140. The van der Waals surface area contributed by atoms with Crippen molar-refractivity contribution in [2.24, 2.45) is 0 Å². The van der Waals surface area contributed by atoms with E-state index in [1.807, 2.05) is 13.0 Å². The van der Waals surface area contributed by atoms with Gasteiger partial charge in [-0.3, -0.25) is 9.59 Å². The average molecular weight is 452 g/mol. The van der Waals surface area contributed by atoms with Crippen LogP contribution >= 0.6 is 0 Å². The Hall–Kier alpha value is -3.58. The number of Topliss-reactive ketones (excluding diaryl/α,β-unsaturated/α-hetero) is 1. The molecule has 0 radical (unpaired) electrons. The van der Waals surface area contributed by atoms with Crippen LogP contribution in [0.4, 0.5) is 0 Å². The molecule has 1 unspecified atom stereocenters. The highest BCUT2D eigenvalue weighted by Gasteiger charge is 2.46. The zero-order valence-corrected chi connectivity index (χ0v) is 19.0. The minimum atomic E-state index is -0.769. The number of aliphatic hydroxyl groups is 1. The molecular weight excluding hydrogens is 422 g/mol. The molecule has 2 aromatic carbocycles. The Morgan fingerprint density at radius 1 is 1.12 bits per heavy atom. The molecule has 0 aliphatic carbocycles. The van der Waals surface area contributed by atoms with E-state index in [1.165, 1.54) is 4.90 Å². The molecule has 1 N–H and O–H groups in total. The quantitative estimate of drug-likeness (QED) is 0.182. The van der Waals surface area contributed by atoms with Gasteiger partial charge >= 0.3 is 0 Å². The van der Waals surface area contributed by atoms with Crippen LogP contribution in [0.15, 0.2) is 66.8 Å². The minimum Gasteiger partial charge on any atom is -0.507 e. The number of amides is 1. The molecule has 0 aromatic heterocycles. The number of aliphatic hydroxyl groups excluding tert-OH is 1. The predicted octanol–water partition coefficient (Wildman–Crippen LogP) is 4.11. The van der Waals surface area contributed by atoms with Crippen molar-refractivity contribution in [1.82, 2.24) is 4.90 Å². The first-order valence-electron chi connectivity index (χ1n) is 10.9. The molecule has 1 fully saturated rings. The monoisotopic (exact) mass is 451 g/mol. The van der Waals surface area contributed by atoms with Crippen LogP contribution in [0.3, 0.4) is 0 Å². The summed E-state index contributed by atoms with van der Waals surface area (Å²) in [6, 6.07) is 13.2. The number of methoxy groups -OCH3 is 1. The van der Waals surface area contributed by atoms with Crippen LogP contribution in [-0.4, -0.2) is 55.2 Å². The molecule has 174 valence electrons. The van der Waals surface area contributed by atoms with Crippen LogP contribution in [0.2, 0.25) is 0 Å². The van der Waals surface area contributed by atoms with Gasteiger partial charge in [0.15, 0.2) is 11.5 Å². The van der Waals surface area contributed by atoms with E-state index in [0.29, 0.717) is 55.4 Å². The molecule has 1 aliphatic heterocycles. The number of hydrogen-bond donors (Lipinski definition) is 1. The van der Waals surface area contributed by atoms with Gasteiger partial charge in [-0.15, -0.1) is 0 Å². The van der Waals surface area contributed by atoms with Crippen molar-refractivity contribution in [3.8, 4) is 11.5 Å². The van der Waals surface area contributed by atoms with Gasteiger partial charge in [0.05, 0.1) is 18.2 Å². The third-order valence-corrected chi connectivity index (χ3v) is 5.27. The second-order valence-corrected chi connectivity index (χ2v) is 7.44. The number of ether oxygens (including phenoxy) is 3. The number of carbonyl (C=O) groups excluding carboxylic acids is 2. The van der Waals surface area contributed by atoms with Gasteiger partial charge in [-0.2, -0.15) is 0 Å². The molecule has 33 heavy (non-hydrogen) atoms. The molecule has 0 bridgehead atoms. The number of carbonyl (C=O) groups is 2. The fraction of sp³-hybridized carbons (Fsp3) is 0.308. The van der Waals surface area contributed by atoms with Gasteiger partial charge in [-0.25, -0.2) is 0 Å². The average Bonchev–Trinajstić information content (AvgIpc) is 3.08. The van der Waals surface area contributed by atoms with Crippen molar-refractivity contribution in [2.75, 3.05) is 33.5 Å². The van der Waals surface area contributed by atoms with Gasteiger partial charge < -0.3 is 24.2 Å². The van der Waals surface area contributed by atoms with Crippen molar-refractivity contribution in [2.45, 2.75) is 19.4 Å². The molecule has 2 aromatic rings. The van der Waals surface area contributed by atoms with E-state index < -0.39 is 17.7 Å². The topological polar surface area (TPSA) is 85.3 Å². The van der Waals surface area contributed by atoms with Gasteiger partial charge in [0.2, 0.25) is 0 Å². The maximum Gasteiger partial charge on any atom is 0.295 e. The van der Waals surface area contributed by atoms with Gasteiger partial charge in [0.25, 0.3) is 11.7 Å². The fourth-order valence-electron chi connectivity index (χ4n) is 3.82. The molecule has 0 saturated carbocycles. The lowest BCUT2D eigenvalue weighted by atomic mass is 9.95. The van der Waals surface area contributed by atoms with Crippen LogP contribution in [-0.2, 0) is 14.3 Å². The molecule has 1 atom stereocenters. The first-order chi connectivity index (χ1) is 16.0. The lowest BCUT2D eigenvalue weighted by Crippen LogP contribution is -2.31. The highest BCUT2D eigenvalue weighted by atomic mass is 16.5. The third kappa shape index (κ3) is 5.26. The van der Waals surface area contributed by atoms with Crippen LogP contribution < -0.4 is 9.47 Å². The van der Waals surface area contributed by atoms with Crippen molar-refractivity contribution in [3.05, 3.63) is 77.9 Å². The van der Waals surface area contributed by atoms with E-state index in [-0.39, 0.29) is 11.3 Å². The normalized spacial score (nSPS) is 17.3. The van der Waals surface area contributed by atoms with Crippen LogP contribution in [0.25, 0.3) is 5.76 Å². The Kier molecular flexibility index (Phi) is 8.27. The second-order valence-electron chi connectivity index (χ2n) is 7.44. The first-order valence-corrected chi connectivity index (χ1v) is 10.9. The smallest absolute Gasteiger partial charge is 0.295 e. The Morgan fingerprint density at radius 2 is 1.88 bits per heavy atom. The number of likely N-dealkylation sites (tertiary alicyclic amines) is 1. The maximum atomic E-state index is 13.1. The number of hydrogen-bond acceptors (Lipinski definition) is 6. The summed E-state index contributed by atoms with van der Waals surface area (Å²) in [5, 5.41) is 11.1. The number of ketones is 1. The van der Waals surface area contributed by atoms with Gasteiger partial charge in [0.1, 0.15) is 12.4 Å². The van der Waals surface area contributed by atoms with E-state index in [2.05, 4.69) is 6.58 Å². The maximum absolute atomic E-state index is 13.1. The Labute approximate surface area is 193 Å². The summed E-state index contributed by atoms with van der Waals surface area (Å²) in [5.74, 6) is -0.570. The molecule has 7 heteroatoms. The zero-order chi connectivity index (χ0) is 23.8. The highest BCUT2D eigenvalue weighted by Crippen LogP contribution is 2.42. The molecule has 1 aliphatic rings. The SMILES string of the molecule is C=CCOc1ccc(C2C(=C(O)c3ccccc3)C(=O)C(=O)N2CCCOC)cc1OCC. The lowest BCUT2D eigenvalue weighted by Gasteiger charge is -2.26. The minimum absolute atomic E-state index is 0.0471. The van der Waals surface area contributed by atoms with Crippen LogP contribution in [0.1, 0.15) is 30.5 Å². The highest BCUT2D eigenvalue weighted by molar-refractivity contribution is 6.46. The third-order valence-electron chi connectivity index (χ3n) is 5.27. The number of nitrogens with zero attached hydrogens (tertiary/aromatic N) is 1. The molecular formula is C26H29NO6. The molecule has 1 amide bonds. The standard InChI is InChI=1S/C26H29NO6/c1-4-15-33-20-13-12-19(17-21(20)32-5-2)23-22(24(28)18-10-7-6-8-11-18)25(29)26(30)27(23)14-9-16-31-3/h4,6-8,10-13,17,23,28H,1,5,9,14-16H2,2-3H3. The number of benzene rings is 2. The van der Waals surface area contributed by atoms with E-state index >= 15 is 0 Å². The summed E-state index contributed by atoms with van der Waals surface area (Å²) in [6.07, 6.45) is 2.18. The summed E-state index contributed by atoms with van der Waals surface area (Å²) < 4.78 is 16.6. The van der Waals surface area contributed by atoms with Crippen molar-refractivity contribution in [1.29, 1.82) is 0 Å². The van der Waals surface area contributed by atoms with Crippen molar-refractivity contribution in [3.63, 3.8) is 0 Å². The molecule has 1 heterocycles. The van der Waals surface area contributed by atoms with Gasteiger partial charge in [-0.1, -0.05) is 49.1 Å². The summed E-state index contributed by atoms with van der Waals surface area (Å²) in [7, 11) is 1.58. The Morgan fingerprint density at radius 3 is 2.55 bits per heavy atom. The number of rotatable bonds is 11. The van der Waals surface area contributed by atoms with E-state index in [0.717, 1.165) is 0 Å². The molecule has 0 spiro atoms. The van der Waals surface area contributed by atoms with Crippen molar-refractivity contribution >= 4 is 17.4 Å².